The maximum atomic E-state index is 13.9. The number of aryl methyl sites for hydroxylation is 1. The first kappa shape index (κ1) is 20.3. The normalized spacial score (nSPS) is 17.3. The molecule has 0 saturated carbocycles. The number of methoxy groups -OCH3 is 1. The smallest absolute Gasteiger partial charge is 0.425 e. The summed E-state index contributed by atoms with van der Waals surface area (Å²) in [6, 6.07) is 2.76. The summed E-state index contributed by atoms with van der Waals surface area (Å²) in [5, 5.41) is 10.8. The molecule has 144 valence electrons. The third-order valence-corrected chi connectivity index (χ3v) is 4.72. The lowest BCUT2D eigenvalue weighted by Gasteiger charge is -2.34. The molecule has 0 bridgehead atoms. The van der Waals surface area contributed by atoms with Crippen molar-refractivity contribution in [2.75, 3.05) is 20.7 Å². The van der Waals surface area contributed by atoms with Crippen molar-refractivity contribution in [3.63, 3.8) is 0 Å². The highest BCUT2D eigenvalue weighted by Crippen LogP contribution is 2.51. The topological polar surface area (TPSA) is 45.1 Å². The number of aliphatic imine (C=N–C) groups is 1. The van der Waals surface area contributed by atoms with Gasteiger partial charge in [-0.05, 0) is 50.3 Å². The lowest BCUT2D eigenvalue weighted by atomic mass is 9.83. The second kappa shape index (κ2) is 7.70. The average Bonchev–Trinajstić information content (AvgIpc) is 3.13. The summed E-state index contributed by atoms with van der Waals surface area (Å²) in [7, 11) is 3.14. The molecule has 1 aromatic rings. The van der Waals surface area contributed by atoms with Crippen LogP contribution in [0.1, 0.15) is 37.3 Å². The molecule has 26 heavy (non-hydrogen) atoms. The van der Waals surface area contributed by atoms with Gasteiger partial charge in [0.1, 0.15) is 5.75 Å². The van der Waals surface area contributed by atoms with Crippen molar-refractivity contribution in [2.24, 2.45) is 4.99 Å². The Kier molecular flexibility index (Phi) is 6.01. The van der Waals surface area contributed by atoms with Crippen LogP contribution in [0.25, 0.3) is 0 Å². The highest BCUT2D eigenvalue weighted by atomic mass is 19.4. The first-order valence-corrected chi connectivity index (χ1v) is 8.57. The van der Waals surface area contributed by atoms with E-state index in [0.29, 0.717) is 24.1 Å². The summed E-state index contributed by atoms with van der Waals surface area (Å²) in [5.41, 5.74) is -2.34. The molecule has 1 aromatic carbocycles. The third kappa shape index (κ3) is 3.72. The van der Waals surface area contributed by atoms with Gasteiger partial charge in [-0.2, -0.15) is 13.2 Å². The Balaban J connectivity index is 2.60. The highest BCUT2D eigenvalue weighted by molar-refractivity contribution is 5.66. The number of hydrogen-bond donors (Lipinski definition) is 1. The molecule has 1 unspecified atom stereocenters. The second-order valence-corrected chi connectivity index (χ2v) is 6.49. The van der Waals surface area contributed by atoms with Crippen LogP contribution in [0.15, 0.2) is 28.8 Å². The fourth-order valence-corrected chi connectivity index (χ4v) is 3.02. The largest absolute Gasteiger partial charge is 0.496 e. The van der Waals surface area contributed by atoms with E-state index in [4.69, 9.17) is 4.74 Å². The van der Waals surface area contributed by atoms with Gasteiger partial charge in [-0.1, -0.05) is 6.08 Å². The molecule has 0 amide bonds. The molecule has 4 nitrogen and oxygen atoms in total. The standard InChI is InChI=1S/C19H25F3N2O2/c1-5-24(3)12-23-16-11-17(26-4)15(10-13(16)2)18(25,19(20,21)22)14-8-6-7-9-14/h8,10-12,25H,5-7,9H2,1-4H3/b23-12+. The van der Waals surface area contributed by atoms with Crippen LogP contribution in [0.4, 0.5) is 18.9 Å². The molecule has 1 aliphatic carbocycles. The summed E-state index contributed by atoms with van der Waals surface area (Å²) in [6.45, 7) is 4.38. The number of halogens is 3. The van der Waals surface area contributed by atoms with E-state index in [1.54, 1.807) is 13.3 Å². The van der Waals surface area contributed by atoms with Gasteiger partial charge in [0.05, 0.1) is 19.1 Å². The van der Waals surface area contributed by atoms with Gasteiger partial charge in [0.15, 0.2) is 0 Å². The number of ether oxygens (including phenoxy) is 1. The van der Waals surface area contributed by atoms with Crippen molar-refractivity contribution in [1.29, 1.82) is 0 Å². The summed E-state index contributed by atoms with van der Waals surface area (Å²) < 4.78 is 46.9. The van der Waals surface area contributed by atoms with E-state index in [1.165, 1.54) is 25.3 Å². The summed E-state index contributed by atoms with van der Waals surface area (Å²) >= 11 is 0. The van der Waals surface area contributed by atoms with Gasteiger partial charge in [-0.3, -0.25) is 0 Å². The average molecular weight is 370 g/mol. The SMILES string of the molecule is CCN(C)/C=N/c1cc(OC)c(C(O)(C2=CCCC2)C(F)(F)F)cc1C. The molecule has 2 rings (SSSR count). The minimum absolute atomic E-state index is 0.0235. The monoisotopic (exact) mass is 370 g/mol. The van der Waals surface area contributed by atoms with Crippen LogP contribution in [0.5, 0.6) is 5.75 Å². The fraction of sp³-hybridized carbons (Fsp3) is 0.526. The Morgan fingerprint density at radius 3 is 2.54 bits per heavy atom. The Morgan fingerprint density at radius 1 is 1.35 bits per heavy atom. The van der Waals surface area contributed by atoms with Crippen LogP contribution in [-0.2, 0) is 5.60 Å². The molecule has 1 atom stereocenters. The molecule has 0 aromatic heterocycles. The maximum absolute atomic E-state index is 13.9. The number of allylic oxidation sites excluding steroid dienone is 1. The highest BCUT2D eigenvalue weighted by Gasteiger charge is 2.58. The number of rotatable bonds is 6. The fourth-order valence-electron chi connectivity index (χ4n) is 3.02. The quantitative estimate of drug-likeness (QED) is 0.456. The molecular weight excluding hydrogens is 345 g/mol. The van der Waals surface area contributed by atoms with E-state index >= 15 is 0 Å². The predicted molar refractivity (Wildman–Crippen MR) is 96.1 cm³/mol. The van der Waals surface area contributed by atoms with E-state index in [0.717, 1.165) is 6.54 Å². The number of nitrogens with zero attached hydrogens (tertiary/aromatic N) is 2. The number of aliphatic hydroxyl groups is 1. The summed E-state index contributed by atoms with van der Waals surface area (Å²) in [4.78, 5) is 6.15. The summed E-state index contributed by atoms with van der Waals surface area (Å²) in [6.07, 6.45) is -0.432. The minimum Gasteiger partial charge on any atom is -0.496 e. The molecule has 1 N–H and O–H groups in total. The first-order valence-electron chi connectivity index (χ1n) is 8.57. The van der Waals surface area contributed by atoms with Crippen LogP contribution in [-0.4, -0.2) is 43.2 Å². The van der Waals surface area contributed by atoms with Crippen molar-refractivity contribution in [2.45, 2.75) is 44.9 Å². The van der Waals surface area contributed by atoms with E-state index < -0.39 is 11.8 Å². The van der Waals surface area contributed by atoms with Gasteiger partial charge in [0, 0.05) is 25.2 Å². The van der Waals surface area contributed by atoms with E-state index in [2.05, 4.69) is 4.99 Å². The Hall–Kier alpha value is -2.02. The van der Waals surface area contributed by atoms with Gasteiger partial charge >= 0.3 is 6.18 Å². The molecular formula is C19H25F3N2O2. The molecule has 0 aliphatic heterocycles. The van der Waals surface area contributed by atoms with Gasteiger partial charge in [-0.25, -0.2) is 4.99 Å². The van der Waals surface area contributed by atoms with E-state index in [-0.39, 0.29) is 23.3 Å². The lowest BCUT2D eigenvalue weighted by molar-refractivity contribution is -0.251. The zero-order chi connectivity index (χ0) is 19.5. The molecule has 1 aliphatic rings. The number of hydrogen-bond acceptors (Lipinski definition) is 3. The van der Waals surface area contributed by atoms with Crippen molar-refractivity contribution < 1.29 is 23.0 Å². The van der Waals surface area contributed by atoms with Crippen LogP contribution in [0.2, 0.25) is 0 Å². The predicted octanol–water partition coefficient (Wildman–Crippen LogP) is 4.48. The molecule has 7 heteroatoms. The van der Waals surface area contributed by atoms with Crippen molar-refractivity contribution in [1.82, 2.24) is 4.90 Å². The lowest BCUT2D eigenvalue weighted by Crippen LogP contribution is -2.44. The zero-order valence-corrected chi connectivity index (χ0v) is 15.5. The zero-order valence-electron chi connectivity index (χ0n) is 15.5. The number of alkyl halides is 3. The van der Waals surface area contributed by atoms with Gasteiger partial charge in [0.25, 0.3) is 0 Å². The van der Waals surface area contributed by atoms with Crippen molar-refractivity contribution >= 4 is 12.0 Å². The van der Waals surface area contributed by atoms with Crippen LogP contribution in [0.3, 0.4) is 0 Å². The van der Waals surface area contributed by atoms with Crippen LogP contribution >= 0.6 is 0 Å². The molecule has 0 fully saturated rings. The minimum atomic E-state index is -4.85. The first-order chi connectivity index (χ1) is 12.1. The Morgan fingerprint density at radius 2 is 2.04 bits per heavy atom. The van der Waals surface area contributed by atoms with E-state index in [1.807, 2.05) is 18.9 Å². The van der Waals surface area contributed by atoms with Gasteiger partial charge in [0.2, 0.25) is 5.60 Å². The third-order valence-electron chi connectivity index (χ3n) is 4.72. The molecule has 0 saturated heterocycles. The Labute approximate surface area is 152 Å². The molecule has 0 heterocycles. The van der Waals surface area contributed by atoms with Crippen molar-refractivity contribution in [3.8, 4) is 5.75 Å². The number of benzene rings is 1. The van der Waals surface area contributed by atoms with Crippen LogP contribution < -0.4 is 4.74 Å². The van der Waals surface area contributed by atoms with Gasteiger partial charge < -0.3 is 14.7 Å². The van der Waals surface area contributed by atoms with Crippen LogP contribution in [0, 0.1) is 6.92 Å². The van der Waals surface area contributed by atoms with Gasteiger partial charge in [-0.15, -0.1) is 0 Å². The molecule has 0 spiro atoms. The van der Waals surface area contributed by atoms with Crippen molar-refractivity contribution in [3.05, 3.63) is 34.9 Å². The Bertz CT molecular complexity index is 713. The summed E-state index contributed by atoms with van der Waals surface area (Å²) in [5.74, 6) is -0.0328. The van der Waals surface area contributed by atoms with E-state index in [9.17, 15) is 18.3 Å². The molecule has 0 radical (unpaired) electrons. The second-order valence-electron chi connectivity index (χ2n) is 6.49. The maximum Gasteiger partial charge on any atom is 0.425 e.